The summed E-state index contributed by atoms with van der Waals surface area (Å²) < 4.78 is 0. The third-order valence-corrected chi connectivity index (χ3v) is 1.13. The summed E-state index contributed by atoms with van der Waals surface area (Å²) in [6.45, 7) is 2.46. The van der Waals surface area contributed by atoms with E-state index in [2.05, 4.69) is 15.3 Å². The fraction of sp³-hybridized carbons (Fsp3) is 0.286. The van der Waals surface area contributed by atoms with Crippen LogP contribution in [0.3, 0.4) is 0 Å². The Morgan fingerprint density at radius 3 is 3.00 bits per heavy atom. The Bertz CT molecular complexity index is 235. The molecule has 0 aromatic carbocycles. The number of hydrogen-bond donors (Lipinski definition) is 1. The van der Waals surface area contributed by atoms with Gasteiger partial charge in [0.05, 0.1) is 6.20 Å². The molecule has 1 amide bonds. The minimum Gasteiger partial charge on any atom is -0.351 e. The molecule has 0 aliphatic heterocycles. The summed E-state index contributed by atoms with van der Waals surface area (Å²) in [7, 11) is 0. The average Bonchev–Trinajstić information content (AvgIpc) is 2.07. The van der Waals surface area contributed by atoms with Crippen molar-refractivity contribution in [3.63, 3.8) is 0 Å². The molecule has 1 rings (SSSR count). The number of rotatable bonds is 2. The molecule has 0 saturated heterocycles. The summed E-state index contributed by atoms with van der Waals surface area (Å²) in [5, 5.41) is 2.62. The van der Waals surface area contributed by atoms with Gasteiger partial charge in [-0.25, -0.2) is 4.98 Å². The van der Waals surface area contributed by atoms with Gasteiger partial charge in [0.15, 0.2) is 0 Å². The second-order valence-electron chi connectivity index (χ2n) is 1.95. The molecule has 1 aromatic heterocycles. The van der Waals surface area contributed by atoms with Crippen molar-refractivity contribution >= 4 is 5.91 Å². The van der Waals surface area contributed by atoms with Crippen LogP contribution < -0.4 is 5.32 Å². The molecule has 0 aliphatic carbocycles. The van der Waals surface area contributed by atoms with Gasteiger partial charge in [0, 0.05) is 18.9 Å². The molecule has 1 heterocycles. The van der Waals surface area contributed by atoms with E-state index in [0.717, 1.165) is 0 Å². The third kappa shape index (κ3) is 2.00. The molecule has 0 atom stereocenters. The number of amides is 1. The van der Waals surface area contributed by atoms with Crippen LogP contribution in [0, 0.1) is 0 Å². The molecular formula is C7H9N3O. The zero-order chi connectivity index (χ0) is 8.10. The van der Waals surface area contributed by atoms with E-state index in [-0.39, 0.29) is 5.91 Å². The highest BCUT2D eigenvalue weighted by Gasteiger charge is 2.02. The Balaban J connectivity index is 2.69. The Kier molecular flexibility index (Phi) is 2.54. The molecule has 0 bridgehead atoms. The predicted octanol–water partition coefficient (Wildman–Crippen LogP) is 0.226. The number of carbonyl (C=O) groups excluding carboxylic acids is 1. The van der Waals surface area contributed by atoms with Crippen LogP contribution >= 0.6 is 0 Å². The first-order valence-corrected chi connectivity index (χ1v) is 3.38. The van der Waals surface area contributed by atoms with Crippen molar-refractivity contribution in [2.24, 2.45) is 0 Å². The van der Waals surface area contributed by atoms with Crippen molar-refractivity contribution in [2.45, 2.75) is 6.92 Å². The van der Waals surface area contributed by atoms with Crippen LogP contribution in [-0.2, 0) is 0 Å². The summed E-state index contributed by atoms with van der Waals surface area (Å²) in [5.41, 5.74) is 0.356. The fourth-order valence-electron chi connectivity index (χ4n) is 0.667. The van der Waals surface area contributed by atoms with Gasteiger partial charge in [-0.2, -0.15) is 0 Å². The van der Waals surface area contributed by atoms with Gasteiger partial charge in [-0.1, -0.05) is 0 Å². The lowest BCUT2D eigenvalue weighted by atomic mass is 10.4. The highest BCUT2D eigenvalue weighted by atomic mass is 16.1. The summed E-state index contributed by atoms with van der Waals surface area (Å²) in [6.07, 6.45) is 4.46. The van der Waals surface area contributed by atoms with Gasteiger partial charge in [-0.3, -0.25) is 9.78 Å². The molecule has 1 aromatic rings. The molecule has 0 radical (unpaired) electrons. The minimum absolute atomic E-state index is 0.180. The van der Waals surface area contributed by atoms with Crippen LogP contribution in [0.4, 0.5) is 0 Å². The second kappa shape index (κ2) is 3.65. The lowest BCUT2D eigenvalue weighted by Gasteiger charge is -1.98. The molecule has 4 nitrogen and oxygen atoms in total. The number of nitrogens with one attached hydrogen (secondary N) is 1. The van der Waals surface area contributed by atoms with Crippen LogP contribution in [0.5, 0.6) is 0 Å². The molecule has 0 fully saturated rings. The van der Waals surface area contributed by atoms with Crippen LogP contribution in [0.2, 0.25) is 0 Å². The first-order chi connectivity index (χ1) is 5.34. The smallest absolute Gasteiger partial charge is 0.271 e. The van der Waals surface area contributed by atoms with Gasteiger partial charge < -0.3 is 5.32 Å². The summed E-state index contributed by atoms with van der Waals surface area (Å²) in [5.74, 6) is -0.180. The van der Waals surface area contributed by atoms with Crippen LogP contribution in [0.15, 0.2) is 18.6 Å². The van der Waals surface area contributed by atoms with Gasteiger partial charge in [-0.15, -0.1) is 0 Å². The predicted molar refractivity (Wildman–Crippen MR) is 40.0 cm³/mol. The molecule has 0 saturated carbocycles. The van der Waals surface area contributed by atoms with Gasteiger partial charge in [-0.05, 0) is 6.92 Å². The lowest BCUT2D eigenvalue weighted by Crippen LogP contribution is -2.23. The molecule has 11 heavy (non-hydrogen) atoms. The number of nitrogens with zero attached hydrogens (tertiary/aromatic N) is 2. The maximum absolute atomic E-state index is 11.0. The van der Waals surface area contributed by atoms with Crippen molar-refractivity contribution in [1.29, 1.82) is 0 Å². The lowest BCUT2D eigenvalue weighted by molar-refractivity contribution is 0.0950. The van der Waals surface area contributed by atoms with E-state index >= 15 is 0 Å². The van der Waals surface area contributed by atoms with E-state index in [4.69, 9.17) is 0 Å². The summed E-state index contributed by atoms with van der Waals surface area (Å²) in [6, 6.07) is 0. The third-order valence-electron chi connectivity index (χ3n) is 1.13. The molecule has 0 aliphatic rings. The van der Waals surface area contributed by atoms with Gasteiger partial charge in [0.2, 0.25) is 0 Å². The van der Waals surface area contributed by atoms with Crippen molar-refractivity contribution in [3.8, 4) is 0 Å². The first-order valence-electron chi connectivity index (χ1n) is 3.38. The second-order valence-corrected chi connectivity index (χ2v) is 1.95. The zero-order valence-corrected chi connectivity index (χ0v) is 6.24. The van der Waals surface area contributed by atoms with E-state index in [9.17, 15) is 4.79 Å². The van der Waals surface area contributed by atoms with Gasteiger partial charge in [0.1, 0.15) is 5.69 Å². The number of carbonyl (C=O) groups is 1. The first kappa shape index (κ1) is 7.65. The Labute approximate surface area is 64.7 Å². The summed E-state index contributed by atoms with van der Waals surface area (Å²) in [4.78, 5) is 18.6. The molecule has 1 N–H and O–H groups in total. The van der Waals surface area contributed by atoms with Crippen molar-refractivity contribution in [1.82, 2.24) is 15.3 Å². The molecule has 0 spiro atoms. The molecule has 58 valence electrons. The SMILES string of the molecule is CCNC(=O)c1cnccn1. The van der Waals surface area contributed by atoms with Crippen LogP contribution in [0.25, 0.3) is 0 Å². The Hall–Kier alpha value is -1.45. The van der Waals surface area contributed by atoms with Crippen LogP contribution in [0.1, 0.15) is 17.4 Å². The molecule has 0 unspecified atom stereocenters. The topological polar surface area (TPSA) is 54.9 Å². The average molecular weight is 151 g/mol. The largest absolute Gasteiger partial charge is 0.351 e. The Morgan fingerprint density at radius 2 is 2.45 bits per heavy atom. The quantitative estimate of drug-likeness (QED) is 0.658. The van der Waals surface area contributed by atoms with E-state index < -0.39 is 0 Å². The molecule has 4 heteroatoms. The normalized spacial score (nSPS) is 9.18. The van der Waals surface area contributed by atoms with E-state index in [1.165, 1.54) is 18.6 Å². The van der Waals surface area contributed by atoms with Crippen LogP contribution in [-0.4, -0.2) is 22.4 Å². The number of aromatic nitrogens is 2. The van der Waals surface area contributed by atoms with Gasteiger partial charge in [0.25, 0.3) is 5.91 Å². The van der Waals surface area contributed by atoms with Crippen molar-refractivity contribution in [3.05, 3.63) is 24.3 Å². The van der Waals surface area contributed by atoms with E-state index in [0.29, 0.717) is 12.2 Å². The fourth-order valence-corrected chi connectivity index (χ4v) is 0.667. The maximum Gasteiger partial charge on any atom is 0.271 e. The van der Waals surface area contributed by atoms with Crippen molar-refractivity contribution in [2.75, 3.05) is 6.54 Å². The van der Waals surface area contributed by atoms with E-state index in [1.54, 1.807) is 0 Å². The zero-order valence-electron chi connectivity index (χ0n) is 6.24. The van der Waals surface area contributed by atoms with Gasteiger partial charge >= 0.3 is 0 Å². The monoisotopic (exact) mass is 151 g/mol. The minimum atomic E-state index is -0.180. The molecular weight excluding hydrogens is 142 g/mol. The number of hydrogen-bond acceptors (Lipinski definition) is 3. The maximum atomic E-state index is 11.0. The summed E-state index contributed by atoms with van der Waals surface area (Å²) >= 11 is 0. The Morgan fingerprint density at radius 1 is 1.64 bits per heavy atom. The van der Waals surface area contributed by atoms with E-state index in [1.807, 2.05) is 6.92 Å². The van der Waals surface area contributed by atoms with Crippen molar-refractivity contribution < 1.29 is 4.79 Å². The highest BCUT2D eigenvalue weighted by Crippen LogP contribution is 1.88. The standard InChI is InChI=1S/C7H9N3O/c1-2-9-7(11)6-5-8-3-4-10-6/h3-5H,2H2,1H3,(H,9,11). The highest BCUT2D eigenvalue weighted by molar-refractivity contribution is 5.91.